The minimum Gasteiger partial charge on any atom is -0.351 e. The molecule has 1 heterocycles. The van der Waals surface area contributed by atoms with Crippen molar-refractivity contribution in [1.82, 2.24) is 4.98 Å². The van der Waals surface area contributed by atoms with Gasteiger partial charge in [-0.3, -0.25) is 0 Å². The lowest BCUT2D eigenvalue weighted by atomic mass is 10.2. The predicted molar refractivity (Wildman–Crippen MR) is 71.9 cm³/mol. The summed E-state index contributed by atoms with van der Waals surface area (Å²) in [6.07, 6.45) is 1.57. The summed E-state index contributed by atoms with van der Waals surface area (Å²) in [6.45, 7) is 0. The van der Waals surface area contributed by atoms with Gasteiger partial charge >= 0.3 is 0 Å². The maximum Gasteiger partial charge on any atom is 0.198 e. The van der Waals surface area contributed by atoms with Gasteiger partial charge in [-0.1, -0.05) is 24.3 Å². The van der Waals surface area contributed by atoms with Crippen molar-refractivity contribution in [3.8, 4) is 0 Å². The van der Waals surface area contributed by atoms with E-state index >= 15 is 0 Å². The lowest BCUT2D eigenvalue weighted by Gasteiger charge is -2.21. The second kappa shape index (κ2) is 5.85. The summed E-state index contributed by atoms with van der Waals surface area (Å²) in [4.78, 5) is 40.6. The molecule has 0 aliphatic rings. The molecule has 0 unspecified atom stereocenters. The van der Waals surface area contributed by atoms with E-state index in [9.17, 15) is 0 Å². The fourth-order valence-electron chi connectivity index (χ4n) is 1.56. The van der Waals surface area contributed by atoms with Gasteiger partial charge in [0.05, 0.1) is 0 Å². The van der Waals surface area contributed by atoms with Gasteiger partial charge in [-0.15, -0.1) is 0 Å². The Morgan fingerprint density at radius 2 is 1.67 bits per heavy atom. The van der Waals surface area contributed by atoms with Crippen molar-refractivity contribution in [2.75, 3.05) is 5.32 Å². The van der Waals surface area contributed by atoms with Crippen LogP contribution in [0.15, 0.2) is 36.5 Å². The summed E-state index contributed by atoms with van der Waals surface area (Å²) in [7, 11) is -5.01. The zero-order valence-electron chi connectivity index (χ0n) is 9.17. The lowest BCUT2D eigenvalue weighted by Crippen LogP contribution is -2.16. The van der Waals surface area contributed by atoms with Crippen molar-refractivity contribution in [1.29, 1.82) is 0 Å². The van der Waals surface area contributed by atoms with Crippen LogP contribution in [-0.4, -0.2) is 30.1 Å². The molecular formula is C10H12N2O4P2. The van der Waals surface area contributed by atoms with Crippen LogP contribution in [-0.2, 0) is 0 Å². The summed E-state index contributed by atoms with van der Waals surface area (Å²) in [5.74, 6) is 0.393. The number of fused-ring (bicyclic) bond motifs is 1. The third kappa shape index (κ3) is 2.93. The molecule has 0 amide bonds. The quantitative estimate of drug-likeness (QED) is 0.546. The Balaban J connectivity index is 2.36. The molecule has 1 aromatic heterocycles. The average Bonchev–Trinajstić information content (AvgIpc) is 2.35. The van der Waals surface area contributed by atoms with Crippen molar-refractivity contribution in [3.05, 3.63) is 36.5 Å². The van der Waals surface area contributed by atoms with Gasteiger partial charge in [-0.2, -0.15) is 0 Å². The molecule has 2 rings (SSSR count). The number of hydrogen-bond acceptors (Lipinski definition) is 6. The van der Waals surface area contributed by atoms with Crippen LogP contribution < -0.4 is 5.32 Å². The van der Waals surface area contributed by atoms with Crippen molar-refractivity contribution in [3.63, 3.8) is 0 Å². The number of nitrogens with one attached hydrogen (secondary N) is 1. The van der Waals surface area contributed by atoms with Gasteiger partial charge in [0.25, 0.3) is 0 Å². The molecule has 1 aromatic carbocycles. The number of hydrogen-bond donors (Lipinski definition) is 5. The minimum absolute atomic E-state index is 0.393. The molecule has 0 saturated carbocycles. The van der Waals surface area contributed by atoms with Crippen LogP contribution in [0.2, 0.25) is 0 Å². The van der Waals surface area contributed by atoms with E-state index < -0.39 is 22.3 Å². The van der Waals surface area contributed by atoms with E-state index in [1.807, 2.05) is 30.3 Å². The molecule has 8 heteroatoms. The normalized spacial score (nSPS) is 11.7. The Hall–Kier alpha value is -0.870. The largest absolute Gasteiger partial charge is 0.351 e. The average molecular weight is 286 g/mol. The smallest absolute Gasteiger partial charge is 0.198 e. The third-order valence-corrected chi connectivity index (χ3v) is 4.75. The fraction of sp³-hybridized carbons (Fsp3) is 0.100. The monoisotopic (exact) mass is 286 g/mol. The van der Waals surface area contributed by atoms with Gasteiger partial charge in [-0.25, -0.2) is 4.98 Å². The predicted octanol–water partition coefficient (Wildman–Crippen LogP) is 1.52. The van der Waals surface area contributed by atoms with E-state index in [1.54, 1.807) is 6.20 Å². The maximum absolute atomic E-state index is 9.14. The van der Waals surface area contributed by atoms with Gasteiger partial charge in [0, 0.05) is 11.6 Å². The highest BCUT2D eigenvalue weighted by molar-refractivity contribution is 7.64. The number of rotatable bonds is 4. The van der Waals surface area contributed by atoms with Crippen LogP contribution in [0.3, 0.4) is 0 Å². The van der Waals surface area contributed by atoms with Crippen LogP contribution in [0.4, 0.5) is 5.82 Å². The standard InChI is InChI=1S/C10H12N2O4P2/c13-17(14)10(18(15)16)12-9-8-4-2-1-3-7(8)5-6-11-9/h1-6,10,13-16H,(H,11,12). The first kappa shape index (κ1) is 13.6. The molecule has 0 spiro atoms. The first-order valence-electron chi connectivity index (χ1n) is 5.04. The number of anilines is 1. The van der Waals surface area contributed by atoms with Crippen LogP contribution in [0.5, 0.6) is 0 Å². The summed E-state index contributed by atoms with van der Waals surface area (Å²) >= 11 is 0. The van der Waals surface area contributed by atoms with Crippen LogP contribution in [0, 0.1) is 0 Å². The van der Waals surface area contributed by atoms with Crippen molar-refractivity contribution < 1.29 is 19.6 Å². The zero-order chi connectivity index (χ0) is 13.1. The van der Waals surface area contributed by atoms with Gasteiger partial charge in [0.1, 0.15) is 5.82 Å². The van der Waals surface area contributed by atoms with Crippen LogP contribution in [0.1, 0.15) is 0 Å². The SMILES string of the molecule is OP(O)C(Nc1nccc2ccccc12)P(O)O. The Bertz CT molecular complexity index is 525. The molecule has 18 heavy (non-hydrogen) atoms. The summed E-state index contributed by atoms with van der Waals surface area (Å²) in [5.41, 5.74) is -1.20. The molecule has 5 N–H and O–H groups in total. The van der Waals surface area contributed by atoms with E-state index in [0.29, 0.717) is 5.82 Å². The van der Waals surface area contributed by atoms with Gasteiger partial charge in [0.2, 0.25) is 0 Å². The lowest BCUT2D eigenvalue weighted by molar-refractivity contribution is 0.454. The summed E-state index contributed by atoms with van der Waals surface area (Å²) in [5, 5.41) is 4.37. The Labute approximate surface area is 106 Å². The molecule has 0 atom stereocenters. The molecule has 0 aliphatic heterocycles. The highest BCUT2D eigenvalue weighted by Gasteiger charge is 2.26. The Morgan fingerprint density at radius 1 is 1.00 bits per heavy atom. The second-order valence-corrected chi connectivity index (χ2v) is 6.26. The van der Waals surface area contributed by atoms with Crippen LogP contribution >= 0.6 is 16.8 Å². The van der Waals surface area contributed by atoms with Gasteiger partial charge in [0.15, 0.2) is 22.3 Å². The van der Waals surface area contributed by atoms with Crippen molar-refractivity contribution in [2.45, 2.75) is 5.52 Å². The second-order valence-electron chi connectivity index (χ2n) is 3.54. The van der Waals surface area contributed by atoms with E-state index in [4.69, 9.17) is 19.6 Å². The highest BCUT2D eigenvalue weighted by atomic mass is 31.2. The number of aromatic nitrogens is 1. The van der Waals surface area contributed by atoms with Crippen molar-refractivity contribution >= 4 is 33.3 Å². The summed E-state index contributed by atoms with van der Waals surface area (Å²) in [6, 6.07) is 9.22. The molecular weight excluding hydrogens is 274 g/mol. The van der Waals surface area contributed by atoms with E-state index in [1.165, 1.54) is 0 Å². The van der Waals surface area contributed by atoms with Gasteiger partial charge < -0.3 is 24.9 Å². The number of benzene rings is 1. The topological polar surface area (TPSA) is 106 Å². The van der Waals surface area contributed by atoms with Gasteiger partial charge in [-0.05, 0) is 11.5 Å². The number of nitrogens with zero attached hydrogens (tertiary/aromatic N) is 1. The molecule has 96 valence electrons. The van der Waals surface area contributed by atoms with E-state index in [-0.39, 0.29) is 0 Å². The molecule has 0 bridgehead atoms. The molecule has 0 aliphatic carbocycles. The Morgan fingerprint density at radius 3 is 2.33 bits per heavy atom. The molecule has 0 saturated heterocycles. The Kier molecular flexibility index (Phi) is 4.40. The fourth-order valence-corrected chi connectivity index (χ4v) is 2.78. The third-order valence-electron chi connectivity index (χ3n) is 2.38. The molecule has 2 aromatic rings. The number of pyridine rings is 1. The van der Waals surface area contributed by atoms with E-state index in [0.717, 1.165) is 10.8 Å². The first-order valence-corrected chi connectivity index (χ1v) is 7.67. The summed E-state index contributed by atoms with van der Waals surface area (Å²) < 4.78 is 0. The molecule has 0 fully saturated rings. The maximum atomic E-state index is 9.14. The highest BCUT2D eigenvalue weighted by Crippen LogP contribution is 2.49. The molecule has 6 nitrogen and oxygen atoms in total. The zero-order valence-corrected chi connectivity index (χ0v) is 11.0. The minimum atomic E-state index is -2.50. The van der Waals surface area contributed by atoms with Crippen LogP contribution in [0.25, 0.3) is 10.8 Å². The van der Waals surface area contributed by atoms with E-state index in [2.05, 4.69) is 10.3 Å². The first-order chi connectivity index (χ1) is 8.59. The molecule has 0 radical (unpaired) electrons. The van der Waals surface area contributed by atoms with Crippen molar-refractivity contribution in [2.24, 2.45) is 0 Å².